The van der Waals surface area contributed by atoms with Crippen LogP contribution in [0.3, 0.4) is 0 Å². The Morgan fingerprint density at radius 1 is 0.767 bits per heavy atom. The Balaban J connectivity index is 0.000000241. The summed E-state index contributed by atoms with van der Waals surface area (Å²) in [4.78, 5) is 2.34. The summed E-state index contributed by atoms with van der Waals surface area (Å²) in [5.41, 5.74) is 3.88. The molecular weight excluding hydrogens is 440 g/mol. The SMILES string of the molecule is C.Cc1ccc(Br)cc1.Cc1ccc(N2CCC(O)CC2)cc1.OC1CCNCC1. The molecule has 0 aromatic heterocycles. The molecule has 2 saturated heterocycles. The molecule has 2 aliphatic heterocycles. The van der Waals surface area contributed by atoms with Crippen LogP contribution in [0.15, 0.2) is 53.0 Å². The number of nitrogens with one attached hydrogen (secondary N) is 1. The van der Waals surface area contributed by atoms with E-state index in [-0.39, 0.29) is 19.6 Å². The van der Waals surface area contributed by atoms with E-state index in [1.165, 1.54) is 16.8 Å². The summed E-state index contributed by atoms with van der Waals surface area (Å²) in [7, 11) is 0. The van der Waals surface area contributed by atoms with Gasteiger partial charge in [0.15, 0.2) is 0 Å². The molecule has 4 rings (SSSR count). The Hall–Kier alpha value is -1.40. The van der Waals surface area contributed by atoms with Crippen molar-refractivity contribution in [3.05, 3.63) is 64.1 Å². The zero-order chi connectivity index (χ0) is 21.1. The van der Waals surface area contributed by atoms with E-state index in [0.717, 1.165) is 56.3 Å². The molecule has 3 N–H and O–H groups in total. The van der Waals surface area contributed by atoms with Crippen LogP contribution in [-0.2, 0) is 0 Å². The zero-order valence-corrected chi connectivity index (χ0v) is 19.2. The maximum Gasteiger partial charge on any atom is 0.0574 e. The van der Waals surface area contributed by atoms with Gasteiger partial charge in [-0.15, -0.1) is 0 Å². The first-order valence-electron chi connectivity index (χ1n) is 10.5. The Morgan fingerprint density at radius 3 is 1.60 bits per heavy atom. The Kier molecular flexibility index (Phi) is 12.9. The third-order valence-electron chi connectivity index (χ3n) is 5.18. The van der Waals surface area contributed by atoms with Gasteiger partial charge in [0.1, 0.15) is 0 Å². The number of aliphatic hydroxyl groups is 2. The fourth-order valence-electron chi connectivity index (χ4n) is 3.22. The molecule has 0 radical (unpaired) electrons. The highest BCUT2D eigenvalue weighted by Gasteiger charge is 2.16. The number of rotatable bonds is 1. The molecule has 0 aliphatic carbocycles. The normalized spacial score (nSPS) is 17.0. The largest absolute Gasteiger partial charge is 0.393 e. The second-order valence-corrected chi connectivity index (χ2v) is 8.75. The summed E-state index contributed by atoms with van der Waals surface area (Å²) < 4.78 is 1.14. The Labute approximate surface area is 191 Å². The number of aryl methyl sites for hydroxylation is 2. The molecule has 2 aromatic carbocycles. The summed E-state index contributed by atoms with van der Waals surface area (Å²) in [6.07, 6.45) is 3.54. The van der Waals surface area contributed by atoms with E-state index in [1.807, 2.05) is 12.1 Å². The average Bonchev–Trinajstić information content (AvgIpc) is 2.73. The van der Waals surface area contributed by atoms with Crippen LogP contribution in [0.1, 0.15) is 44.2 Å². The minimum Gasteiger partial charge on any atom is -0.393 e. The van der Waals surface area contributed by atoms with Gasteiger partial charge in [0.05, 0.1) is 12.2 Å². The van der Waals surface area contributed by atoms with Crippen LogP contribution in [0.25, 0.3) is 0 Å². The van der Waals surface area contributed by atoms with Gasteiger partial charge in [-0.05, 0) is 76.9 Å². The molecule has 0 atom stereocenters. The number of halogens is 1. The molecule has 0 saturated carbocycles. The van der Waals surface area contributed by atoms with Crippen LogP contribution < -0.4 is 10.2 Å². The van der Waals surface area contributed by atoms with Crippen LogP contribution in [0.5, 0.6) is 0 Å². The third-order valence-corrected chi connectivity index (χ3v) is 5.71. The van der Waals surface area contributed by atoms with Crippen molar-refractivity contribution in [2.24, 2.45) is 0 Å². The molecule has 2 fully saturated rings. The molecule has 0 bridgehead atoms. The lowest BCUT2D eigenvalue weighted by Crippen LogP contribution is -2.35. The fourth-order valence-corrected chi connectivity index (χ4v) is 3.48. The van der Waals surface area contributed by atoms with Gasteiger partial charge in [-0.3, -0.25) is 0 Å². The van der Waals surface area contributed by atoms with Crippen molar-refractivity contribution in [2.75, 3.05) is 31.1 Å². The number of piperidine rings is 2. The van der Waals surface area contributed by atoms with E-state index in [2.05, 4.69) is 76.4 Å². The van der Waals surface area contributed by atoms with Gasteiger partial charge in [-0.1, -0.05) is 58.7 Å². The number of aliphatic hydroxyl groups excluding tert-OH is 2. The van der Waals surface area contributed by atoms with E-state index >= 15 is 0 Å². The number of hydrogen-bond acceptors (Lipinski definition) is 4. The highest BCUT2D eigenvalue weighted by atomic mass is 79.9. The molecule has 30 heavy (non-hydrogen) atoms. The van der Waals surface area contributed by atoms with Crippen LogP contribution in [0, 0.1) is 13.8 Å². The first kappa shape index (κ1) is 26.6. The number of benzene rings is 2. The lowest BCUT2D eigenvalue weighted by atomic mass is 10.1. The topological polar surface area (TPSA) is 55.7 Å². The first-order chi connectivity index (χ1) is 13.9. The number of anilines is 1. The summed E-state index contributed by atoms with van der Waals surface area (Å²) in [6.45, 7) is 8.10. The summed E-state index contributed by atoms with van der Waals surface area (Å²) in [6, 6.07) is 16.8. The third kappa shape index (κ3) is 10.6. The molecular formula is C25H39BrN2O2. The van der Waals surface area contributed by atoms with Crippen LogP contribution >= 0.6 is 15.9 Å². The van der Waals surface area contributed by atoms with E-state index in [9.17, 15) is 5.11 Å². The van der Waals surface area contributed by atoms with Crippen molar-refractivity contribution in [3.8, 4) is 0 Å². The van der Waals surface area contributed by atoms with Gasteiger partial charge < -0.3 is 20.4 Å². The van der Waals surface area contributed by atoms with Gasteiger partial charge in [-0.2, -0.15) is 0 Å². The summed E-state index contributed by atoms with van der Waals surface area (Å²) in [5, 5.41) is 21.4. The standard InChI is InChI=1S/C12H17NO.C7H7Br.C5H11NO.CH4/c1-10-2-4-11(5-3-10)13-8-6-12(14)7-9-13;1-6-2-4-7(8)5-3-6;7-5-1-3-6-4-2-5;/h2-5,12,14H,6-9H2,1H3;2-5H,1H3;5-7H,1-4H2;1H4. The maximum atomic E-state index is 9.39. The van der Waals surface area contributed by atoms with Crippen LogP contribution in [0.2, 0.25) is 0 Å². The van der Waals surface area contributed by atoms with E-state index in [1.54, 1.807) is 0 Å². The van der Waals surface area contributed by atoms with Crippen molar-refractivity contribution < 1.29 is 10.2 Å². The predicted molar refractivity (Wildman–Crippen MR) is 132 cm³/mol. The van der Waals surface area contributed by atoms with Gasteiger partial charge in [-0.25, -0.2) is 0 Å². The van der Waals surface area contributed by atoms with Crippen LogP contribution in [-0.4, -0.2) is 48.6 Å². The van der Waals surface area contributed by atoms with Crippen molar-refractivity contribution in [1.29, 1.82) is 0 Å². The lowest BCUT2D eigenvalue weighted by Gasteiger charge is -2.31. The highest BCUT2D eigenvalue weighted by Crippen LogP contribution is 2.20. The van der Waals surface area contributed by atoms with Gasteiger partial charge in [0, 0.05) is 23.2 Å². The summed E-state index contributed by atoms with van der Waals surface area (Å²) >= 11 is 3.35. The van der Waals surface area contributed by atoms with E-state index < -0.39 is 0 Å². The quantitative estimate of drug-likeness (QED) is 0.534. The van der Waals surface area contributed by atoms with E-state index in [4.69, 9.17) is 5.11 Å². The molecule has 4 nitrogen and oxygen atoms in total. The average molecular weight is 480 g/mol. The molecule has 5 heteroatoms. The molecule has 0 spiro atoms. The zero-order valence-electron chi connectivity index (χ0n) is 17.6. The van der Waals surface area contributed by atoms with E-state index in [0.29, 0.717) is 0 Å². The lowest BCUT2D eigenvalue weighted by molar-refractivity contribution is 0.137. The molecule has 0 amide bonds. The minimum atomic E-state index is -0.0864. The Bertz CT molecular complexity index is 656. The monoisotopic (exact) mass is 478 g/mol. The summed E-state index contributed by atoms with van der Waals surface area (Å²) in [5.74, 6) is 0. The second kappa shape index (κ2) is 14.6. The molecule has 2 heterocycles. The fraction of sp³-hybridized carbons (Fsp3) is 0.520. The van der Waals surface area contributed by atoms with Crippen molar-refractivity contribution in [3.63, 3.8) is 0 Å². The minimum absolute atomic E-state index is 0. The molecule has 2 aliphatic rings. The van der Waals surface area contributed by atoms with Crippen molar-refractivity contribution >= 4 is 21.6 Å². The smallest absolute Gasteiger partial charge is 0.0574 e. The first-order valence-corrected chi connectivity index (χ1v) is 11.3. The second-order valence-electron chi connectivity index (χ2n) is 7.83. The predicted octanol–water partition coefficient (Wildman–Crippen LogP) is 5.08. The Morgan fingerprint density at radius 2 is 1.20 bits per heavy atom. The van der Waals surface area contributed by atoms with Crippen molar-refractivity contribution in [1.82, 2.24) is 5.32 Å². The van der Waals surface area contributed by atoms with Crippen LogP contribution in [0.4, 0.5) is 5.69 Å². The number of nitrogens with zero attached hydrogens (tertiary/aromatic N) is 1. The maximum absolute atomic E-state index is 9.39. The molecule has 2 aromatic rings. The molecule has 168 valence electrons. The van der Waals surface area contributed by atoms with Crippen molar-refractivity contribution in [2.45, 2.75) is 59.2 Å². The molecule has 0 unspecified atom stereocenters. The highest BCUT2D eigenvalue weighted by molar-refractivity contribution is 9.10. The van der Waals surface area contributed by atoms with Gasteiger partial charge in [0.2, 0.25) is 0 Å². The van der Waals surface area contributed by atoms with Gasteiger partial charge in [0.25, 0.3) is 0 Å². The number of hydrogen-bond donors (Lipinski definition) is 3. The van der Waals surface area contributed by atoms with Gasteiger partial charge >= 0.3 is 0 Å².